The predicted molar refractivity (Wildman–Crippen MR) is 63.5 cm³/mol. The molecule has 1 aliphatic heterocycles. The van der Waals surface area contributed by atoms with Crippen molar-refractivity contribution in [3.63, 3.8) is 0 Å². The number of aliphatic imine (C=N–C) groups is 1. The van der Waals surface area contributed by atoms with Crippen LogP contribution in [-0.4, -0.2) is 55.6 Å². The molecule has 6 heteroatoms. The zero-order chi connectivity index (χ0) is 12.3. The first kappa shape index (κ1) is 16.9. The van der Waals surface area contributed by atoms with Crippen LogP contribution in [-0.2, 0) is 4.79 Å². The average molecular weight is 265 g/mol. The van der Waals surface area contributed by atoms with Crippen molar-refractivity contribution >= 4 is 55.6 Å². The summed E-state index contributed by atoms with van der Waals surface area (Å²) in [6, 6.07) is -0.845. The second-order valence-corrected chi connectivity index (χ2v) is 4.19. The van der Waals surface area contributed by atoms with Gasteiger partial charge in [0.1, 0.15) is 0 Å². The van der Waals surface area contributed by atoms with E-state index in [0.717, 1.165) is 12.8 Å². The molecule has 1 rings (SSSR count). The maximum absolute atomic E-state index is 11.9. The van der Waals surface area contributed by atoms with Gasteiger partial charge in [-0.05, 0) is 24.7 Å². The van der Waals surface area contributed by atoms with E-state index in [-0.39, 0.29) is 43.7 Å². The minimum Gasteiger partial charge on any atom is -0.861 e. The molecule has 0 aromatic rings. The first-order valence-corrected chi connectivity index (χ1v) is 5.60. The van der Waals surface area contributed by atoms with E-state index in [2.05, 4.69) is 10.3 Å². The van der Waals surface area contributed by atoms with E-state index in [1.54, 1.807) is 6.92 Å². The SMILES string of the molecule is CCCC(C)C1(CC)C(=O)NC(=O)N=C1[O-].[Ca+2]. The topological polar surface area (TPSA) is 81.6 Å². The molecule has 0 radical (unpaired) electrons. The third-order valence-corrected chi connectivity index (χ3v) is 3.33. The molecule has 0 spiro atoms. The number of nitrogens with zero attached hydrogens (tertiary/aromatic N) is 1. The molecular formula is C11H17CaN2O3+. The zero-order valence-corrected chi connectivity index (χ0v) is 12.8. The summed E-state index contributed by atoms with van der Waals surface area (Å²) in [5.41, 5.74) is -1.15. The summed E-state index contributed by atoms with van der Waals surface area (Å²) in [5.74, 6) is -1.20. The molecule has 5 nitrogen and oxygen atoms in total. The third-order valence-electron chi connectivity index (χ3n) is 3.33. The molecule has 0 fully saturated rings. The summed E-state index contributed by atoms with van der Waals surface area (Å²) in [6.07, 6.45) is 2.02. The van der Waals surface area contributed by atoms with E-state index in [1.807, 2.05) is 13.8 Å². The molecule has 0 bridgehead atoms. The zero-order valence-electron chi connectivity index (χ0n) is 10.6. The van der Waals surface area contributed by atoms with Crippen molar-refractivity contribution in [2.75, 3.05) is 0 Å². The van der Waals surface area contributed by atoms with Gasteiger partial charge in [-0.25, -0.2) is 9.79 Å². The number of carbonyl (C=O) groups excluding carboxylic acids is 2. The van der Waals surface area contributed by atoms with Crippen LogP contribution < -0.4 is 10.4 Å². The normalized spacial score (nSPS) is 25.7. The van der Waals surface area contributed by atoms with Gasteiger partial charge in [0.25, 0.3) is 0 Å². The fraction of sp³-hybridized carbons (Fsp3) is 0.727. The van der Waals surface area contributed by atoms with E-state index < -0.39 is 23.3 Å². The molecule has 0 saturated heterocycles. The van der Waals surface area contributed by atoms with Crippen molar-refractivity contribution < 1.29 is 14.7 Å². The molecule has 0 aromatic heterocycles. The molecule has 90 valence electrons. The van der Waals surface area contributed by atoms with Gasteiger partial charge in [-0.15, -0.1) is 0 Å². The van der Waals surface area contributed by atoms with Crippen LogP contribution in [0.25, 0.3) is 0 Å². The van der Waals surface area contributed by atoms with Crippen LogP contribution in [0, 0.1) is 11.3 Å². The van der Waals surface area contributed by atoms with Gasteiger partial charge in [0.05, 0.1) is 5.41 Å². The minimum atomic E-state index is -1.15. The van der Waals surface area contributed by atoms with Crippen LogP contribution in [0.1, 0.15) is 40.0 Å². The van der Waals surface area contributed by atoms with E-state index in [9.17, 15) is 14.7 Å². The summed E-state index contributed by atoms with van der Waals surface area (Å²) < 4.78 is 0. The smallest absolute Gasteiger partial charge is 0.861 e. The Bertz CT molecular complexity index is 344. The number of carbonyl (C=O) groups is 2. The largest absolute Gasteiger partial charge is 2.00 e. The summed E-state index contributed by atoms with van der Waals surface area (Å²) in [7, 11) is 0. The second-order valence-electron chi connectivity index (χ2n) is 4.19. The van der Waals surface area contributed by atoms with Crippen LogP contribution in [0.3, 0.4) is 0 Å². The Morgan fingerprint density at radius 3 is 2.41 bits per heavy atom. The van der Waals surface area contributed by atoms with Gasteiger partial charge >= 0.3 is 43.8 Å². The van der Waals surface area contributed by atoms with Crippen LogP contribution in [0.5, 0.6) is 0 Å². The van der Waals surface area contributed by atoms with Crippen molar-refractivity contribution in [2.45, 2.75) is 40.0 Å². The van der Waals surface area contributed by atoms with E-state index in [1.165, 1.54) is 0 Å². The molecule has 3 amide bonds. The molecule has 0 aromatic carbocycles. The van der Waals surface area contributed by atoms with Crippen molar-refractivity contribution in [1.82, 2.24) is 5.32 Å². The molecule has 0 aliphatic carbocycles. The average Bonchev–Trinajstić information content (AvgIpc) is 2.18. The Kier molecular flexibility index (Phi) is 6.66. The molecule has 1 N–H and O–H groups in total. The van der Waals surface area contributed by atoms with Crippen LogP contribution in [0.2, 0.25) is 0 Å². The number of imide groups is 1. The van der Waals surface area contributed by atoms with Gasteiger partial charge in [-0.1, -0.05) is 27.2 Å². The van der Waals surface area contributed by atoms with Gasteiger partial charge in [0, 0.05) is 0 Å². The fourth-order valence-corrected chi connectivity index (χ4v) is 2.30. The second kappa shape index (κ2) is 6.71. The van der Waals surface area contributed by atoms with Crippen LogP contribution >= 0.6 is 0 Å². The number of urea groups is 1. The summed E-state index contributed by atoms with van der Waals surface area (Å²) in [6.45, 7) is 5.62. The molecule has 17 heavy (non-hydrogen) atoms. The van der Waals surface area contributed by atoms with Gasteiger partial charge in [0.15, 0.2) is 0 Å². The third kappa shape index (κ3) is 3.01. The molecular weight excluding hydrogens is 248 g/mol. The van der Waals surface area contributed by atoms with E-state index in [4.69, 9.17) is 0 Å². The molecule has 1 heterocycles. The van der Waals surface area contributed by atoms with Gasteiger partial charge < -0.3 is 5.11 Å². The number of rotatable bonds is 4. The Balaban J connectivity index is 0.00000256. The standard InChI is InChI=1S/C11H18N2O3.Ca/c1-4-6-7(3)11(5-2)8(14)12-10(16)13-9(11)15;/h7H,4-6H2,1-3H3,(H2,12,13,14,15,16);/q;+2/p-1. The Morgan fingerprint density at radius 1 is 1.41 bits per heavy atom. The van der Waals surface area contributed by atoms with E-state index >= 15 is 0 Å². The predicted octanol–water partition coefficient (Wildman–Crippen LogP) is 0.447. The van der Waals surface area contributed by atoms with Gasteiger partial charge in [-0.2, -0.15) is 0 Å². The maximum Gasteiger partial charge on any atom is 2.00 e. The van der Waals surface area contributed by atoms with Gasteiger partial charge in [-0.3, -0.25) is 10.1 Å². The van der Waals surface area contributed by atoms with Crippen LogP contribution in [0.4, 0.5) is 4.79 Å². The fourth-order valence-electron chi connectivity index (χ4n) is 2.30. The quantitative estimate of drug-likeness (QED) is 0.749. The Hall–Kier alpha value is -0.130. The maximum atomic E-state index is 11.9. The van der Waals surface area contributed by atoms with Crippen molar-refractivity contribution in [3.8, 4) is 0 Å². The Morgan fingerprint density at radius 2 is 2.00 bits per heavy atom. The first-order chi connectivity index (χ1) is 7.48. The number of hydrogen-bond acceptors (Lipinski definition) is 3. The molecule has 0 saturated carbocycles. The minimum absolute atomic E-state index is 0. The Labute approximate surface area is 131 Å². The summed E-state index contributed by atoms with van der Waals surface area (Å²) >= 11 is 0. The monoisotopic (exact) mass is 265 g/mol. The van der Waals surface area contributed by atoms with Crippen molar-refractivity contribution in [2.24, 2.45) is 16.3 Å². The number of nitrogens with one attached hydrogen (secondary N) is 1. The van der Waals surface area contributed by atoms with E-state index in [0.29, 0.717) is 6.42 Å². The first-order valence-electron chi connectivity index (χ1n) is 5.60. The van der Waals surface area contributed by atoms with Gasteiger partial charge in [0.2, 0.25) is 5.91 Å². The van der Waals surface area contributed by atoms with Crippen molar-refractivity contribution in [1.29, 1.82) is 0 Å². The number of amides is 3. The summed E-state index contributed by atoms with van der Waals surface area (Å²) in [4.78, 5) is 26.2. The molecule has 2 atom stereocenters. The molecule has 1 aliphatic rings. The van der Waals surface area contributed by atoms with Crippen molar-refractivity contribution in [3.05, 3.63) is 0 Å². The summed E-state index contributed by atoms with van der Waals surface area (Å²) in [5, 5.41) is 14.0. The molecule has 2 unspecified atom stereocenters. The van der Waals surface area contributed by atoms with Crippen LogP contribution in [0.15, 0.2) is 4.99 Å². The number of hydrogen-bond donors (Lipinski definition) is 1.